The van der Waals surface area contributed by atoms with Crippen LogP contribution in [0.4, 0.5) is 10.1 Å². The number of nitrogens with one attached hydrogen (secondary N) is 1. The topological polar surface area (TPSA) is 104 Å². The van der Waals surface area contributed by atoms with Crippen molar-refractivity contribution in [1.82, 2.24) is 24.4 Å². The van der Waals surface area contributed by atoms with Gasteiger partial charge >= 0.3 is 5.69 Å². The van der Waals surface area contributed by atoms with Gasteiger partial charge in [-0.15, -0.1) is 0 Å². The Bertz CT molecular complexity index is 1690. The number of anilines is 1. The molecule has 2 aromatic heterocycles. The van der Waals surface area contributed by atoms with Gasteiger partial charge in [0.15, 0.2) is 5.16 Å². The van der Waals surface area contributed by atoms with Crippen molar-refractivity contribution >= 4 is 46.6 Å². The van der Waals surface area contributed by atoms with Crippen molar-refractivity contribution in [2.24, 2.45) is 0 Å². The van der Waals surface area contributed by atoms with Crippen molar-refractivity contribution in [3.63, 3.8) is 0 Å². The number of nitrogens with zero attached hydrogens (tertiary/aromatic N) is 5. The first-order valence-electron chi connectivity index (χ1n) is 13.7. The van der Waals surface area contributed by atoms with E-state index in [9.17, 15) is 18.8 Å². The third-order valence-electron chi connectivity index (χ3n) is 7.12. The van der Waals surface area contributed by atoms with Crippen LogP contribution < -0.4 is 16.1 Å². The summed E-state index contributed by atoms with van der Waals surface area (Å²) in [6, 6.07) is 11.7. The number of hydrogen-bond acceptors (Lipinski definition) is 7. The molecule has 0 bridgehead atoms. The van der Waals surface area contributed by atoms with E-state index in [1.165, 1.54) is 36.3 Å². The zero-order valence-corrected chi connectivity index (χ0v) is 25.5. The minimum absolute atomic E-state index is 0.0721. The van der Waals surface area contributed by atoms with Crippen LogP contribution >= 0.6 is 35.0 Å². The largest absolute Gasteiger partial charge is 0.368 e. The fraction of sp³-hybridized carbons (Fsp3) is 0.300. The summed E-state index contributed by atoms with van der Waals surface area (Å²) < 4.78 is 15.2. The second kappa shape index (κ2) is 14.2. The summed E-state index contributed by atoms with van der Waals surface area (Å²) in [7, 11) is 0. The van der Waals surface area contributed by atoms with E-state index >= 15 is 0 Å². The first-order valence-corrected chi connectivity index (χ1v) is 15.5. The van der Waals surface area contributed by atoms with Crippen LogP contribution in [0.25, 0.3) is 0 Å². The first kappa shape index (κ1) is 30.8. The van der Waals surface area contributed by atoms with Crippen molar-refractivity contribution in [2.75, 3.05) is 31.1 Å². The highest BCUT2D eigenvalue weighted by Gasteiger charge is 2.22. The minimum Gasteiger partial charge on any atom is -0.368 e. The lowest BCUT2D eigenvalue weighted by atomic mass is 10.1. The van der Waals surface area contributed by atoms with Gasteiger partial charge in [-0.25, -0.2) is 14.2 Å². The number of aromatic amines is 1. The second-order valence-corrected chi connectivity index (χ2v) is 11.9. The van der Waals surface area contributed by atoms with Gasteiger partial charge in [0.2, 0.25) is 5.91 Å². The van der Waals surface area contributed by atoms with Gasteiger partial charge in [-0.3, -0.25) is 9.59 Å². The molecule has 0 saturated carbocycles. The number of thioether (sulfide) groups is 1. The highest BCUT2D eigenvalue weighted by atomic mass is 35.5. The fourth-order valence-corrected chi connectivity index (χ4v) is 6.03. The van der Waals surface area contributed by atoms with E-state index in [1.54, 1.807) is 24.4 Å². The molecule has 43 heavy (non-hydrogen) atoms. The Morgan fingerprint density at radius 1 is 1.00 bits per heavy atom. The summed E-state index contributed by atoms with van der Waals surface area (Å²) in [5, 5.41) is 1.53. The van der Waals surface area contributed by atoms with Gasteiger partial charge < -0.3 is 19.4 Å². The average molecular weight is 644 g/mol. The SMILES string of the molecule is O=C(CCCn1cc(Cc2cnc(=O)[nH]c2)c(=O)nc1SCc1ccc(F)cc1)N1CCN(c2ccc(Cl)c(Cl)c2)CC1. The molecule has 4 aromatic rings. The smallest absolute Gasteiger partial charge is 0.344 e. The molecule has 5 rings (SSSR count). The average Bonchev–Trinajstić information content (AvgIpc) is 3.01. The van der Waals surface area contributed by atoms with Crippen LogP contribution in [-0.4, -0.2) is 56.5 Å². The van der Waals surface area contributed by atoms with E-state index in [-0.39, 0.29) is 23.7 Å². The standard InChI is InChI=1S/C30H29Cl2FN6O3S/c31-25-8-7-24(15-26(25)32)37-10-12-38(13-11-37)27(40)2-1-9-39-18-22(14-21-16-34-29(42)35-17-21)28(41)36-30(39)43-19-20-3-5-23(33)6-4-20/h3-8,15-18H,1-2,9-14,19H2,(H,34,35,42). The number of hydrogen-bond donors (Lipinski definition) is 1. The highest BCUT2D eigenvalue weighted by Crippen LogP contribution is 2.28. The summed E-state index contributed by atoms with van der Waals surface area (Å²) in [5.74, 6) is 0.256. The Kier molecular flexibility index (Phi) is 10.2. The van der Waals surface area contributed by atoms with Crippen molar-refractivity contribution in [3.8, 4) is 0 Å². The summed E-state index contributed by atoms with van der Waals surface area (Å²) in [4.78, 5) is 52.0. The Labute approximate surface area is 261 Å². The molecule has 1 N–H and O–H groups in total. The summed E-state index contributed by atoms with van der Waals surface area (Å²) >= 11 is 13.6. The second-order valence-electron chi connectivity index (χ2n) is 10.1. The molecule has 0 spiro atoms. The number of benzene rings is 2. The Morgan fingerprint density at radius 3 is 2.47 bits per heavy atom. The molecule has 0 aliphatic carbocycles. The molecule has 1 aliphatic heterocycles. The molecule has 3 heterocycles. The summed E-state index contributed by atoms with van der Waals surface area (Å²) in [6.45, 7) is 3.08. The monoisotopic (exact) mass is 642 g/mol. The van der Waals surface area contributed by atoms with Gasteiger partial charge in [-0.2, -0.15) is 4.98 Å². The van der Waals surface area contributed by atoms with Crippen LogP contribution in [0.1, 0.15) is 29.5 Å². The quantitative estimate of drug-likeness (QED) is 0.196. The van der Waals surface area contributed by atoms with Crippen LogP contribution in [0.2, 0.25) is 10.0 Å². The number of aromatic nitrogens is 4. The van der Waals surface area contributed by atoms with E-state index in [2.05, 4.69) is 19.9 Å². The fourth-order valence-electron chi connectivity index (χ4n) is 4.79. The third-order valence-corrected chi connectivity index (χ3v) is 8.92. The molecule has 13 heteroatoms. The van der Waals surface area contributed by atoms with Gasteiger partial charge in [-0.1, -0.05) is 47.1 Å². The van der Waals surface area contributed by atoms with E-state index < -0.39 is 5.69 Å². The summed E-state index contributed by atoms with van der Waals surface area (Å²) in [6.07, 6.45) is 5.87. The van der Waals surface area contributed by atoms with Gasteiger partial charge in [0.1, 0.15) is 5.82 Å². The van der Waals surface area contributed by atoms with Crippen LogP contribution in [0.3, 0.4) is 0 Å². The van der Waals surface area contributed by atoms with Crippen molar-refractivity contribution in [3.05, 3.63) is 114 Å². The molecule has 224 valence electrons. The van der Waals surface area contributed by atoms with Crippen molar-refractivity contribution < 1.29 is 9.18 Å². The molecule has 1 fully saturated rings. The molecule has 9 nitrogen and oxygen atoms in total. The number of carbonyl (C=O) groups excluding carboxylic acids is 1. The molecule has 1 aliphatic rings. The van der Waals surface area contributed by atoms with Crippen LogP contribution in [-0.2, 0) is 23.5 Å². The lowest BCUT2D eigenvalue weighted by Crippen LogP contribution is -2.48. The van der Waals surface area contributed by atoms with E-state index in [0.717, 1.165) is 11.3 Å². The normalized spacial score (nSPS) is 13.4. The molecule has 1 amide bonds. The zero-order chi connectivity index (χ0) is 30.3. The van der Waals surface area contributed by atoms with Gasteiger partial charge in [0.05, 0.1) is 10.0 Å². The van der Waals surface area contributed by atoms with E-state index in [1.807, 2.05) is 21.6 Å². The zero-order valence-electron chi connectivity index (χ0n) is 23.1. The van der Waals surface area contributed by atoms with Crippen molar-refractivity contribution in [2.45, 2.75) is 36.7 Å². The predicted molar refractivity (Wildman–Crippen MR) is 167 cm³/mol. The van der Waals surface area contributed by atoms with E-state index in [4.69, 9.17) is 23.2 Å². The molecule has 1 saturated heterocycles. The van der Waals surface area contributed by atoms with Crippen LogP contribution in [0.15, 0.2) is 75.8 Å². The summed E-state index contributed by atoms with van der Waals surface area (Å²) in [5.41, 5.74) is 2.15. The van der Waals surface area contributed by atoms with Gasteiger partial charge in [-0.05, 0) is 47.9 Å². The lowest BCUT2D eigenvalue weighted by Gasteiger charge is -2.36. The Morgan fingerprint density at radius 2 is 1.77 bits per heavy atom. The molecular formula is C30H29Cl2FN6O3S. The molecular weight excluding hydrogens is 614 g/mol. The van der Waals surface area contributed by atoms with Crippen LogP contribution in [0.5, 0.6) is 0 Å². The Balaban J connectivity index is 1.23. The highest BCUT2D eigenvalue weighted by molar-refractivity contribution is 7.98. The van der Waals surface area contributed by atoms with Gasteiger partial charge in [0.25, 0.3) is 5.56 Å². The predicted octanol–water partition coefficient (Wildman–Crippen LogP) is 4.78. The number of halogens is 3. The minimum atomic E-state index is -0.465. The number of piperazine rings is 1. The molecule has 0 unspecified atom stereocenters. The maximum atomic E-state index is 13.3. The van der Waals surface area contributed by atoms with Crippen LogP contribution in [0, 0.1) is 5.82 Å². The van der Waals surface area contributed by atoms with E-state index in [0.29, 0.717) is 77.6 Å². The molecule has 2 aromatic carbocycles. The molecule has 0 radical (unpaired) electrons. The first-order chi connectivity index (χ1) is 20.7. The van der Waals surface area contributed by atoms with Gasteiger partial charge in [0, 0.05) is 81.2 Å². The Hall–Kier alpha value is -3.67. The molecule has 0 atom stereocenters. The number of amides is 1. The number of H-pyrrole nitrogens is 1. The number of rotatable bonds is 10. The third kappa shape index (κ3) is 8.25. The van der Waals surface area contributed by atoms with Crippen molar-refractivity contribution in [1.29, 1.82) is 0 Å². The number of aryl methyl sites for hydroxylation is 1. The maximum absolute atomic E-state index is 13.3. The number of carbonyl (C=O) groups is 1. The lowest BCUT2D eigenvalue weighted by molar-refractivity contribution is -0.131. The maximum Gasteiger partial charge on any atom is 0.344 e.